The number of piperazine rings is 1. The van der Waals surface area contributed by atoms with Crippen LogP contribution in [0.3, 0.4) is 0 Å². The van der Waals surface area contributed by atoms with Crippen LogP contribution in [0.2, 0.25) is 0 Å². The van der Waals surface area contributed by atoms with Crippen LogP contribution in [0.5, 0.6) is 0 Å². The van der Waals surface area contributed by atoms with E-state index in [2.05, 4.69) is 21.2 Å². The molecule has 0 unspecified atom stereocenters. The maximum Gasteiger partial charge on any atom is 0.411 e. The van der Waals surface area contributed by atoms with Crippen LogP contribution in [0, 0.1) is 0 Å². The minimum atomic E-state index is -4.32. The zero-order chi connectivity index (χ0) is 12.5. The molecule has 1 atom stereocenters. The predicted molar refractivity (Wildman–Crippen MR) is 74.1 cm³/mol. The molecule has 3 nitrogen and oxygen atoms in total. The van der Waals surface area contributed by atoms with Gasteiger partial charge < -0.3 is 9.73 Å². The number of furan rings is 1. The van der Waals surface area contributed by atoms with Crippen molar-refractivity contribution in [1.29, 1.82) is 0 Å². The van der Waals surface area contributed by atoms with Gasteiger partial charge in [-0.3, -0.25) is 4.90 Å². The lowest BCUT2D eigenvalue weighted by molar-refractivity contribution is -0.192. The summed E-state index contributed by atoms with van der Waals surface area (Å²) in [5.41, 5.74) is 0. The molecule has 1 aromatic heterocycles. The summed E-state index contributed by atoms with van der Waals surface area (Å²) in [6.45, 7) is 1.86. The van der Waals surface area contributed by atoms with Gasteiger partial charge in [0.15, 0.2) is 10.7 Å². The van der Waals surface area contributed by atoms with Gasteiger partial charge in [-0.15, -0.1) is 24.8 Å². The Kier molecular flexibility index (Phi) is 7.75. The highest BCUT2D eigenvalue weighted by atomic mass is 79.9. The van der Waals surface area contributed by atoms with Crippen LogP contribution in [-0.2, 0) is 0 Å². The molecule has 2 rings (SSSR count). The highest BCUT2D eigenvalue weighted by molar-refractivity contribution is 9.10. The third kappa shape index (κ3) is 4.82. The van der Waals surface area contributed by atoms with Gasteiger partial charge in [0, 0.05) is 26.2 Å². The van der Waals surface area contributed by atoms with Crippen molar-refractivity contribution in [2.45, 2.75) is 12.2 Å². The molecular formula is C10H14BrCl2F3N2O. The van der Waals surface area contributed by atoms with Crippen molar-refractivity contribution in [2.24, 2.45) is 0 Å². The quantitative estimate of drug-likeness (QED) is 0.845. The molecule has 0 aromatic carbocycles. The lowest BCUT2D eigenvalue weighted by atomic mass is 10.1. The Morgan fingerprint density at radius 1 is 1.21 bits per heavy atom. The second-order valence-corrected chi connectivity index (χ2v) is 4.65. The molecule has 0 amide bonds. The highest BCUT2D eigenvalue weighted by Gasteiger charge is 2.46. The molecule has 0 bridgehead atoms. The molecule has 1 aliphatic rings. The Balaban J connectivity index is 0.00000162. The number of rotatable bonds is 2. The van der Waals surface area contributed by atoms with Crippen LogP contribution in [-0.4, -0.2) is 37.3 Å². The van der Waals surface area contributed by atoms with Gasteiger partial charge in [0.1, 0.15) is 5.76 Å². The van der Waals surface area contributed by atoms with E-state index in [1.54, 1.807) is 0 Å². The molecular weight excluding hydrogens is 372 g/mol. The standard InChI is InChI=1S/C10H12BrF3N2O.2ClH/c11-8-2-1-7(17-8)9(10(12,13)14)16-5-3-15-4-6-16;;/h1-2,9,15H,3-6H2;2*1H/t9-;;/m0../s1. The minimum Gasteiger partial charge on any atom is -0.452 e. The van der Waals surface area contributed by atoms with E-state index < -0.39 is 12.2 Å². The van der Waals surface area contributed by atoms with Crippen molar-refractivity contribution in [1.82, 2.24) is 10.2 Å². The number of hydrogen-bond acceptors (Lipinski definition) is 3. The van der Waals surface area contributed by atoms with E-state index in [1.807, 2.05) is 0 Å². The summed E-state index contributed by atoms with van der Waals surface area (Å²) in [6.07, 6.45) is -4.32. The molecule has 1 N–H and O–H groups in total. The molecule has 0 radical (unpaired) electrons. The highest BCUT2D eigenvalue weighted by Crippen LogP contribution is 2.39. The number of nitrogens with zero attached hydrogens (tertiary/aromatic N) is 1. The topological polar surface area (TPSA) is 28.4 Å². The fourth-order valence-electron chi connectivity index (χ4n) is 1.96. The van der Waals surface area contributed by atoms with Crippen molar-refractivity contribution in [3.05, 3.63) is 22.6 Å². The first kappa shape index (κ1) is 19.1. The van der Waals surface area contributed by atoms with Gasteiger partial charge in [0.05, 0.1) is 0 Å². The zero-order valence-corrected chi connectivity index (χ0v) is 13.0. The maximum absolute atomic E-state index is 13.1. The van der Waals surface area contributed by atoms with Crippen molar-refractivity contribution in [3.8, 4) is 0 Å². The zero-order valence-electron chi connectivity index (χ0n) is 9.74. The molecule has 112 valence electrons. The first-order valence-corrected chi connectivity index (χ1v) is 6.04. The summed E-state index contributed by atoms with van der Waals surface area (Å²) in [6, 6.07) is 1.19. The van der Waals surface area contributed by atoms with Crippen molar-refractivity contribution in [3.63, 3.8) is 0 Å². The summed E-state index contributed by atoms with van der Waals surface area (Å²) in [5.74, 6) is -0.0636. The van der Waals surface area contributed by atoms with E-state index >= 15 is 0 Å². The number of alkyl halides is 3. The Bertz CT molecular complexity index is 383. The largest absolute Gasteiger partial charge is 0.452 e. The lowest BCUT2D eigenvalue weighted by Crippen LogP contribution is -2.48. The van der Waals surface area contributed by atoms with Crippen LogP contribution < -0.4 is 5.32 Å². The van der Waals surface area contributed by atoms with E-state index in [4.69, 9.17) is 4.42 Å². The van der Waals surface area contributed by atoms with Crippen molar-refractivity contribution in [2.75, 3.05) is 26.2 Å². The molecule has 1 aliphatic heterocycles. The van der Waals surface area contributed by atoms with Crippen molar-refractivity contribution < 1.29 is 17.6 Å². The third-order valence-corrected chi connectivity index (χ3v) is 3.12. The van der Waals surface area contributed by atoms with Gasteiger partial charge in [0.25, 0.3) is 0 Å². The number of halogens is 6. The SMILES string of the molecule is Cl.Cl.FC(F)(F)[C@H](c1ccc(Br)o1)N1CCNCC1. The Labute approximate surface area is 129 Å². The Morgan fingerprint density at radius 2 is 1.79 bits per heavy atom. The van der Waals surface area contributed by atoms with Crippen LogP contribution in [0.4, 0.5) is 13.2 Å². The normalized spacial score (nSPS) is 18.3. The second-order valence-electron chi connectivity index (χ2n) is 3.87. The average Bonchev–Trinajstić information content (AvgIpc) is 2.64. The molecule has 19 heavy (non-hydrogen) atoms. The van der Waals surface area contributed by atoms with E-state index in [-0.39, 0.29) is 30.6 Å². The maximum atomic E-state index is 13.1. The smallest absolute Gasteiger partial charge is 0.411 e. The van der Waals surface area contributed by atoms with Gasteiger partial charge in [-0.25, -0.2) is 0 Å². The molecule has 0 saturated carbocycles. The van der Waals surface area contributed by atoms with Gasteiger partial charge in [-0.05, 0) is 28.1 Å². The number of nitrogens with one attached hydrogen (secondary N) is 1. The van der Waals surface area contributed by atoms with Crippen LogP contribution in [0.1, 0.15) is 11.8 Å². The van der Waals surface area contributed by atoms with Crippen molar-refractivity contribution >= 4 is 40.7 Å². The average molecular weight is 386 g/mol. The van der Waals surface area contributed by atoms with Gasteiger partial charge >= 0.3 is 6.18 Å². The first-order chi connectivity index (χ1) is 7.98. The van der Waals surface area contributed by atoms with Gasteiger partial charge in [0.2, 0.25) is 0 Å². The predicted octanol–water partition coefficient (Wildman–Crippen LogP) is 3.39. The number of hydrogen-bond donors (Lipinski definition) is 1. The van der Waals surface area contributed by atoms with E-state index in [1.165, 1.54) is 17.0 Å². The second kappa shape index (κ2) is 7.73. The molecule has 2 heterocycles. The minimum absolute atomic E-state index is 0. The van der Waals surface area contributed by atoms with E-state index in [9.17, 15) is 13.2 Å². The monoisotopic (exact) mass is 384 g/mol. The third-order valence-electron chi connectivity index (χ3n) is 2.69. The lowest BCUT2D eigenvalue weighted by Gasteiger charge is -2.34. The molecule has 0 spiro atoms. The molecule has 1 aromatic rings. The summed E-state index contributed by atoms with van der Waals surface area (Å²) >= 11 is 3.03. The summed E-state index contributed by atoms with van der Waals surface area (Å²) in [5, 5.41) is 3.03. The fourth-order valence-corrected chi connectivity index (χ4v) is 2.28. The van der Waals surface area contributed by atoms with Gasteiger partial charge in [-0.2, -0.15) is 13.2 Å². The summed E-state index contributed by atoms with van der Waals surface area (Å²) in [4.78, 5) is 1.39. The van der Waals surface area contributed by atoms with E-state index in [0.717, 1.165) is 0 Å². The first-order valence-electron chi connectivity index (χ1n) is 5.25. The summed E-state index contributed by atoms with van der Waals surface area (Å²) in [7, 11) is 0. The summed E-state index contributed by atoms with van der Waals surface area (Å²) < 4.78 is 44.6. The molecule has 0 aliphatic carbocycles. The Morgan fingerprint density at radius 3 is 2.21 bits per heavy atom. The van der Waals surface area contributed by atoms with Gasteiger partial charge in [-0.1, -0.05) is 0 Å². The van der Waals surface area contributed by atoms with Crippen LogP contribution >= 0.6 is 40.7 Å². The Hall–Kier alpha value is 0.0500. The van der Waals surface area contributed by atoms with Crippen LogP contribution in [0.15, 0.2) is 21.2 Å². The molecule has 1 saturated heterocycles. The van der Waals surface area contributed by atoms with Crippen LogP contribution in [0.25, 0.3) is 0 Å². The van der Waals surface area contributed by atoms with E-state index in [0.29, 0.717) is 30.8 Å². The molecule has 1 fully saturated rings. The molecule has 9 heteroatoms. The fraction of sp³-hybridized carbons (Fsp3) is 0.600.